The van der Waals surface area contributed by atoms with Crippen LogP contribution in [0.2, 0.25) is 0 Å². The number of alkyl halides is 1. The second kappa shape index (κ2) is 8.77. The summed E-state index contributed by atoms with van der Waals surface area (Å²) in [7, 11) is 0. The van der Waals surface area contributed by atoms with Gasteiger partial charge in [-0.2, -0.15) is 4.37 Å². The number of fused-ring (bicyclic) bond motifs is 2. The van der Waals surface area contributed by atoms with Gasteiger partial charge in [-0.1, -0.05) is 30.3 Å². The van der Waals surface area contributed by atoms with E-state index < -0.39 is 0 Å². The Morgan fingerprint density at radius 1 is 1.10 bits per heavy atom. The molecule has 2 aromatic carbocycles. The van der Waals surface area contributed by atoms with Gasteiger partial charge >= 0.3 is 0 Å². The van der Waals surface area contributed by atoms with Crippen LogP contribution in [0.3, 0.4) is 0 Å². The third-order valence-electron chi connectivity index (χ3n) is 6.49. The average molecular weight is 455 g/mol. The van der Waals surface area contributed by atoms with Crippen molar-refractivity contribution in [2.75, 3.05) is 37.6 Å². The number of halogens is 1. The fourth-order valence-corrected chi connectivity index (χ4v) is 5.61. The van der Waals surface area contributed by atoms with Gasteiger partial charge in [-0.3, -0.25) is 9.69 Å². The molecule has 1 saturated heterocycles. The molecule has 7 heteroatoms. The van der Waals surface area contributed by atoms with Gasteiger partial charge in [-0.15, -0.1) is 11.6 Å². The molecule has 31 heavy (non-hydrogen) atoms. The zero-order valence-corrected chi connectivity index (χ0v) is 19.3. The van der Waals surface area contributed by atoms with E-state index in [0.717, 1.165) is 51.5 Å². The highest BCUT2D eigenvalue weighted by molar-refractivity contribution is 7.13. The predicted octanol–water partition coefficient (Wildman–Crippen LogP) is 4.65. The highest BCUT2D eigenvalue weighted by Gasteiger charge is 2.24. The Kier molecular flexibility index (Phi) is 5.87. The summed E-state index contributed by atoms with van der Waals surface area (Å²) in [5.74, 6) is 1.26. The molecule has 0 radical (unpaired) electrons. The van der Waals surface area contributed by atoms with Crippen LogP contribution in [0, 0.1) is 0 Å². The van der Waals surface area contributed by atoms with Crippen LogP contribution in [0.25, 0.3) is 10.1 Å². The molecule has 1 atom stereocenters. The van der Waals surface area contributed by atoms with Crippen molar-refractivity contribution in [3.63, 3.8) is 0 Å². The Morgan fingerprint density at radius 3 is 2.68 bits per heavy atom. The largest absolute Gasteiger partial charge is 0.353 e. The van der Waals surface area contributed by atoms with Crippen molar-refractivity contribution in [1.29, 1.82) is 0 Å². The molecule has 3 heterocycles. The van der Waals surface area contributed by atoms with Crippen LogP contribution in [0.1, 0.15) is 35.4 Å². The number of hydrogen-bond donors (Lipinski definition) is 0. The van der Waals surface area contributed by atoms with Crippen LogP contribution in [0.15, 0.2) is 42.5 Å². The summed E-state index contributed by atoms with van der Waals surface area (Å²) in [4.78, 5) is 18.5. The molecule has 2 aliphatic rings. The highest BCUT2D eigenvalue weighted by atomic mass is 35.5. The maximum atomic E-state index is 11.7. The molecule has 0 aliphatic carbocycles. The molecule has 2 aliphatic heterocycles. The topological polar surface area (TPSA) is 39.7 Å². The molecular formula is C24H27ClN4OS. The first-order valence-corrected chi connectivity index (χ1v) is 12.1. The monoisotopic (exact) mass is 454 g/mol. The number of rotatable bonds is 5. The fourth-order valence-electron chi connectivity index (χ4n) is 4.58. The van der Waals surface area contributed by atoms with E-state index in [1.807, 2.05) is 4.90 Å². The highest BCUT2D eigenvalue weighted by Crippen LogP contribution is 2.32. The van der Waals surface area contributed by atoms with Crippen LogP contribution in [-0.4, -0.2) is 52.8 Å². The minimum atomic E-state index is -0.00260. The third-order valence-corrected chi connectivity index (χ3v) is 7.78. The number of amides is 1. The smallest absolute Gasteiger partial charge is 0.220 e. The molecule has 0 spiro atoms. The van der Waals surface area contributed by atoms with E-state index in [9.17, 15) is 4.79 Å². The zero-order chi connectivity index (χ0) is 21.4. The average Bonchev–Trinajstić information content (AvgIpc) is 3.42. The molecule has 0 N–H and O–H groups in total. The third kappa shape index (κ3) is 4.29. The second-order valence-corrected chi connectivity index (χ2v) is 9.82. The van der Waals surface area contributed by atoms with Crippen molar-refractivity contribution in [2.45, 2.75) is 31.8 Å². The van der Waals surface area contributed by atoms with Crippen LogP contribution in [0.4, 0.5) is 5.82 Å². The Bertz CT molecular complexity index is 1090. The Morgan fingerprint density at radius 2 is 1.87 bits per heavy atom. The first-order valence-electron chi connectivity index (χ1n) is 10.9. The number of piperazine rings is 1. The van der Waals surface area contributed by atoms with Gasteiger partial charge in [0.25, 0.3) is 0 Å². The van der Waals surface area contributed by atoms with Crippen molar-refractivity contribution >= 4 is 44.9 Å². The lowest BCUT2D eigenvalue weighted by Gasteiger charge is -2.35. The van der Waals surface area contributed by atoms with E-state index in [-0.39, 0.29) is 11.3 Å². The summed E-state index contributed by atoms with van der Waals surface area (Å²) in [5, 5.41) is 1.26. The predicted molar refractivity (Wildman–Crippen MR) is 128 cm³/mol. The summed E-state index contributed by atoms with van der Waals surface area (Å²) in [6.07, 6.45) is 0.927. The van der Waals surface area contributed by atoms with Crippen LogP contribution >= 0.6 is 23.1 Å². The molecule has 1 aromatic heterocycles. The lowest BCUT2D eigenvalue weighted by Crippen LogP contribution is -2.46. The van der Waals surface area contributed by atoms with Gasteiger partial charge in [-0.25, -0.2) is 0 Å². The molecule has 1 fully saturated rings. The number of aromatic nitrogens is 1. The van der Waals surface area contributed by atoms with Crippen molar-refractivity contribution in [2.24, 2.45) is 0 Å². The van der Waals surface area contributed by atoms with E-state index in [2.05, 4.69) is 52.3 Å². The van der Waals surface area contributed by atoms with Crippen LogP contribution < -0.4 is 4.90 Å². The first kappa shape index (κ1) is 20.7. The first-order chi connectivity index (χ1) is 15.1. The Hall–Kier alpha value is -2.15. The van der Waals surface area contributed by atoms with Crippen molar-refractivity contribution in [3.05, 3.63) is 59.2 Å². The van der Waals surface area contributed by atoms with Crippen LogP contribution in [-0.2, 0) is 17.9 Å². The minimum Gasteiger partial charge on any atom is -0.353 e. The molecule has 5 nitrogen and oxygen atoms in total. The molecule has 5 rings (SSSR count). The quantitative estimate of drug-likeness (QED) is 0.526. The molecule has 0 saturated carbocycles. The summed E-state index contributed by atoms with van der Waals surface area (Å²) >= 11 is 8.36. The standard InChI is InChI=1S/C24H27ClN4OS/c1-17(30)29-15-19-7-6-18(14-20(19)16-29)22(25)8-9-27-10-12-28(13-11-27)24-21-4-2-3-5-23(21)31-26-24/h2-7,14,22H,8-13,15-16H2,1H3. The van der Waals surface area contributed by atoms with E-state index in [0.29, 0.717) is 6.54 Å². The van der Waals surface area contributed by atoms with Gasteiger partial charge in [0.05, 0.1) is 10.1 Å². The molecular weight excluding hydrogens is 428 g/mol. The lowest BCUT2D eigenvalue weighted by atomic mass is 10.0. The van der Waals surface area contributed by atoms with E-state index in [1.165, 1.54) is 26.8 Å². The second-order valence-electron chi connectivity index (χ2n) is 8.49. The lowest BCUT2D eigenvalue weighted by molar-refractivity contribution is -0.129. The van der Waals surface area contributed by atoms with Gasteiger partial charge in [0.1, 0.15) is 5.82 Å². The van der Waals surface area contributed by atoms with E-state index in [1.54, 1.807) is 18.5 Å². The fraction of sp³-hybridized carbons (Fsp3) is 0.417. The Labute approximate surface area is 192 Å². The van der Waals surface area contributed by atoms with Gasteiger partial charge in [0.2, 0.25) is 5.91 Å². The number of carbonyl (C=O) groups excluding carboxylic acids is 1. The summed E-state index contributed by atoms with van der Waals surface area (Å²) in [6.45, 7) is 8.12. The number of carbonyl (C=O) groups is 1. The molecule has 0 bridgehead atoms. The maximum Gasteiger partial charge on any atom is 0.220 e. The van der Waals surface area contributed by atoms with Crippen molar-refractivity contribution in [1.82, 2.24) is 14.2 Å². The SMILES string of the molecule is CC(=O)N1Cc2ccc(C(Cl)CCN3CCN(c4nsc5ccccc45)CC3)cc2C1. The zero-order valence-electron chi connectivity index (χ0n) is 17.8. The molecule has 162 valence electrons. The van der Waals surface area contributed by atoms with Gasteiger partial charge in [0, 0.05) is 58.1 Å². The minimum absolute atomic E-state index is 0.00260. The number of hydrogen-bond acceptors (Lipinski definition) is 5. The maximum absolute atomic E-state index is 11.7. The number of anilines is 1. The van der Waals surface area contributed by atoms with Gasteiger partial charge in [0.15, 0.2) is 0 Å². The van der Waals surface area contributed by atoms with Crippen molar-refractivity contribution < 1.29 is 4.79 Å². The van der Waals surface area contributed by atoms with Crippen LogP contribution in [0.5, 0.6) is 0 Å². The van der Waals surface area contributed by atoms with Gasteiger partial charge < -0.3 is 9.80 Å². The summed E-state index contributed by atoms with van der Waals surface area (Å²) in [6, 6.07) is 14.9. The molecule has 1 unspecified atom stereocenters. The van der Waals surface area contributed by atoms with Crippen molar-refractivity contribution in [3.8, 4) is 0 Å². The van der Waals surface area contributed by atoms with E-state index >= 15 is 0 Å². The normalized spacial score (nSPS) is 17.9. The number of benzene rings is 2. The number of nitrogens with zero attached hydrogens (tertiary/aromatic N) is 4. The summed E-state index contributed by atoms with van der Waals surface area (Å²) < 4.78 is 5.96. The van der Waals surface area contributed by atoms with E-state index in [4.69, 9.17) is 16.0 Å². The molecule has 1 amide bonds. The van der Waals surface area contributed by atoms with Gasteiger partial charge in [-0.05, 0) is 46.8 Å². The molecule has 3 aromatic rings. The summed E-state index contributed by atoms with van der Waals surface area (Å²) in [5.41, 5.74) is 3.65. The Balaban J connectivity index is 1.14.